The third kappa shape index (κ3) is 4.22. The molecule has 4 nitrogen and oxygen atoms in total. The molecule has 0 aliphatic heterocycles. The number of nitrogens with zero attached hydrogens (tertiary/aromatic N) is 4. The van der Waals surface area contributed by atoms with Gasteiger partial charge >= 0.3 is 0 Å². The van der Waals surface area contributed by atoms with Gasteiger partial charge in [0.2, 0.25) is 0 Å². The van der Waals surface area contributed by atoms with Crippen LogP contribution in [0.15, 0.2) is 0 Å². The SMILES string of the molecule is CCCc1nnc(CC(SCC)c2nnc(C)s2)s1. The van der Waals surface area contributed by atoms with Crippen molar-refractivity contribution in [3.05, 3.63) is 20.0 Å². The molecule has 0 aromatic carbocycles. The van der Waals surface area contributed by atoms with Crippen LogP contribution in [0, 0.1) is 6.92 Å². The van der Waals surface area contributed by atoms with Gasteiger partial charge in [-0.3, -0.25) is 0 Å². The minimum absolute atomic E-state index is 0.360. The molecule has 104 valence electrons. The lowest BCUT2D eigenvalue weighted by molar-refractivity contribution is 0.834. The maximum atomic E-state index is 4.30. The number of rotatable bonds is 7. The highest BCUT2D eigenvalue weighted by molar-refractivity contribution is 7.99. The van der Waals surface area contributed by atoms with Crippen LogP contribution in [0.2, 0.25) is 0 Å². The third-order valence-electron chi connectivity index (χ3n) is 2.52. The van der Waals surface area contributed by atoms with Crippen LogP contribution in [-0.4, -0.2) is 26.1 Å². The van der Waals surface area contributed by atoms with Crippen molar-refractivity contribution in [2.75, 3.05) is 5.75 Å². The van der Waals surface area contributed by atoms with E-state index in [-0.39, 0.29) is 0 Å². The Labute approximate surface area is 126 Å². The Morgan fingerprint density at radius 1 is 1.05 bits per heavy atom. The van der Waals surface area contributed by atoms with Crippen LogP contribution in [0.25, 0.3) is 0 Å². The van der Waals surface area contributed by atoms with Crippen molar-refractivity contribution < 1.29 is 0 Å². The Balaban J connectivity index is 2.07. The van der Waals surface area contributed by atoms with E-state index in [1.54, 1.807) is 22.7 Å². The number of aromatic nitrogens is 4. The van der Waals surface area contributed by atoms with E-state index in [1.165, 1.54) is 0 Å². The molecule has 0 saturated carbocycles. The first-order valence-electron chi connectivity index (χ1n) is 6.45. The minimum atomic E-state index is 0.360. The Kier molecular flexibility index (Phi) is 5.72. The largest absolute Gasteiger partial charge is 0.151 e. The second kappa shape index (κ2) is 7.31. The van der Waals surface area contributed by atoms with Gasteiger partial charge in [0.05, 0.1) is 5.25 Å². The van der Waals surface area contributed by atoms with Gasteiger partial charge < -0.3 is 0 Å². The minimum Gasteiger partial charge on any atom is -0.151 e. The Hall–Kier alpha value is -0.530. The Morgan fingerprint density at radius 3 is 2.47 bits per heavy atom. The molecule has 0 N–H and O–H groups in total. The molecule has 2 aromatic heterocycles. The molecule has 19 heavy (non-hydrogen) atoms. The van der Waals surface area contributed by atoms with Crippen LogP contribution in [0.5, 0.6) is 0 Å². The molecule has 2 aromatic rings. The fourth-order valence-corrected chi connectivity index (χ4v) is 4.70. The van der Waals surface area contributed by atoms with E-state index in [9.17, 15) is 0 Å². The summed E-state index contributed by atoms with van der Waals surface area (Å²) in [7, 11) is 0. The molecule has 2 heterocycles. The quantitative estimate of drug-likeness (QED) is 0.780. The summed E-state index contributed by atoms with van der Waals surface area (Å²) in [6.07, 6.45) is 3.06. The molecule has 0 fully saturated rings. The smallest absolute Gasteiger partial charge is 0.130 e. The predicted octanol–water partition coefficient (Wildman–Crippen LogP) is 3.69. The first kappa shape index (κ1) is 14.9. The van der Waals surface area contributed by atoms with Gasteiger partial charge in [-0.25, -0.2) is 0 Å². The van der Waals surface area contributed by atoms with Gasteiger partial charge in [0.1, 0.15) is 20.0 Å². The molecule has 0 amide bonds. The lowest BCUT2D eigenvalue weighted by atomic mass is 10.3. The summed E-state index contributed by atoms with van der Waals surface area (Å²) in [6.45, 7) is 6.34. The molecule has 0 bridgehead atoms. The summed E-state index contributed by atoms with van der Waals surface area (Å²) in [5, 5.41) is 21.7. The topological polar surface area (TPSA) is 51.6 Å². The maximum absolute atomic E-state index is 4.30. The fourth-order valence-electron chi connectivity index (χ4n) is 1.71. The van der Waals surface area contributed by atoms with Gasteiger partial charge in [0.15, 0.2) is 0 Å². The van der Waals surface area contributed by atoms with E-state index in [2.05, 4.69) is 34.2 Å². The van der Waals surface area contributed by atoms with Crippen molar-refractivity contribution in [3.8, 4) is 0 Å². The highest BCUT2D eigenvalue weighted by Gasteiger charge is 2.19. The van der Waals surface area contributed by atoms with E-state index in [0.717, 1.165) is 45.0 Å². The third-order valence-corrected chi connectivity index (χ3v) is 5.75. The second-order valence-electron chi connectivity index (χ2n) is 4.15. The molecule has 1 unspecified atom stereocenters. The van der Waals surface area contributed by atoms with Crippen LogP contribution in [0.3, 0.4) is 0 Å². The molecule has 0 spiro atoms. The molecule has 0 saturated heterocycles. The summed E-state index contributed by atoms with van der Waals surface area (Å²) in [4.78, 5) is 0. The highest BCUT2D eigenvalue weighted by Crippen LogP contribution is 2.34. The summed E-state index contributed by atoms with van der Waals surface area (Å²) >= 11 is 5.33. The van der Waals surface area contributed by atoms with Crippen LogP contribution in [0.4, 0.5) is 0 Å². The second-order valence-corrected chi connectivity index (χ2v) is 7.99. The summed E-state index contributed by atoms with van der Waals surface area (Å²) < 4.78 is 0. The lowest BCUT2D eigenvalue weighted by Crippen LogP contribution is -1.99. The zero-order valence-corrected chi connectivity index (χ0v) is 13.9. The van der Waals surface area contributed by atoms with Crippen molar-refractivity contribution in [3.63, 3.8) is 0 Å². The van der Waals surface area contributed by atoms with E-state index >= 15 is 0 Å². The molecular formula is C12H18N4S3. The summed E-state index contributed by atoms with van der Waals surface area (Å²) in [5.41, 5.74) is 0. The van der Waals surface area contributed by atoms with Gasteiger partial charge in [0.25, 0.3) is 0 Å². The van der Waals surface area contributed by atoms with Crippen molar-refractivity contribution >= 4 is 34.4 Å². The number of hydrogen-bond acceptors (Lipinski definition) is 7. The Bertz CT molecular complexity index is 509. The molecule has 7 heteroatoms. The maximum Gasteiger partial charge on any atom is 0.130 e. The fraction of sp³-hybridized carbons (Fsp3) is 0.667. The summed E-state index contributed by atoms with van der Waals surface area (Å²) in [5.74, 6) is 1.07. The van der Waals surface area contributed by atoms with Crippen LogP contribution in [-0.2, 0) is 12.8 Å². The zero-order chi connectivity index (χ0) is 13.7. The van der Waals surface area contributed by atoms with Gasteiger partial charge in [-0.05, 0) is 19.1 Å². The summed E-state index contributed by atoms with van der Waals surface area (Å²) in [6, 6.07) is 0. The van der Waals surface area contributed by atoms with Crippen molar-refractivity contribution in [2.45, 2.75) is 45.3 Å². The van der Waals surface area contributed by atoms with Crippen LogP contribution >= 0.6 is 34.4 Å². The average molecular weight is 315 g/mol. The normalized spacial score (nSPS) is 12.8. The van der Waals surface area contributed by atoms with Gasteiger partial charge in [0, 0.05) is 12.8 Å². The molecule has 2 rings (SSSR count). The first-order valence-corrected chi connectivity index (χ1v) is 9.14. The van der Waals surface area contributed by atoms with Crippen LogP contribution < -0.4 is 0 Å². The van der Waals surface area contributed by atoms with Crippen molar-refractivity contribution in [2.24, 2.45) is 0 Å². The number of thioether (sulfide) groups is 1. The van der Waals surface area contributed by atoms with Gasteiger partial charge in [-0.15, -0.1) is 43.1 Å². The standard InChI is InChI=1S/C12H18N4S3/c1-4-6-10-14-15-11(19-10)7-9(17-5-2)12-16-13-8(3)18-12/h9H,4-7H2,1-3H3. The lowest BCUT2D eigenvalue weighted by Gasteiger charge is -2.09. The van der Waals surface area contributed by atoms with Crippen molar-refractivity contribution in [1.82, 2.24) is 20.4 Å². The average Bonchev–Trinajstić information content (AvgIpc) is 2.99. The molecular weight excluding hydrogens is 296 g/mol. The molecule has 0 aliphatic carbocycles. The predicted molar refractivity (Wildman–Crippen MR) is 83.1 cm³/mol. The Morgan fingerprint density at radius 2 is 1.84 bits per heavy atom. The number of aryl methyl sites for hydroxylation is 2. The molecule has 0 aliphatic rings. The molecule has 0 radical (unpaired) electrons. The van der Waals surface area contributed by atoms with Gasteiger partial charge in [-0.1, -0.05) is 13.8 Å². The van der Waals surface area contributed by atoms with E-state index in [0.29, 0.717) is 5.25 Å². The van der Waals surface area contributed by atoms with Gasteiger partial charge in [-0.2, -0.15) is 11.8 Å². The zero-order valence-electron chi connectivity index (χ0n) is 11.4. The van der Waals surface area contributed by atoms with Crippen LogP contribution in [0.1, 0.15) is 45.5 Å². The van der Waals surface area contributed by atoms with E-state index in [1.807, 2.05) is 18.7 Å². The number of hydrogen-bond donors (Lipinski definition) is 0. The highest BCUT2D eigenvalue weighted by atomic mass is 32.2. The van der Waals surface area contributed by atoms with E-state index in [4.69, 9.17) is 0 Å². The molecule has 1 atom stereocenters. The monoisotopic (exact) mass is 314 g/mol. The van der Waals surface area contributed by atoms with Crippen molar-refractivity contribution in [1.29, 1.82) is 0 Å². The van der Waals surface area contributed by atoms with E-state index < -0.39 is 0 Å². The first-order chi connectivity index (χ1) is 9.22.